The Morgan fingerprint density at radius 2 is 1.91 bits per heavy atom. The molecular formula is C18H26N2O2S. The van der Waals surface area contributed by atoms with Crippen molar-refractivity contribution in [2.24, 2.45) is 11.3 Å². The van der Waals surface area contributed by atoms with Crippen LogP contribution in [-0.2, 0) is 15.6 Å². The Hall–Kier alpha value is -1.20. The Morgan fingerprint density at radius 1 is 1.30 bits per heavy atom. The average molecular weight is 334 g/mol. The zero-order valence-corrected chi connectivity index (χ0v) is 15.0. The smallest absolute Gasteiger partial charge is 0.226 e. The third-order valence-corrected chi connectivity index (χ3v) is 6.65. The molecule has 1 aliphatic carbocycles. The first-order valence-corrected chi connectivity index (χ1v) is 9.91. The fourth-order valence-corrected chi connectivity index (χ4v) is 4.29. The van der Waals surface area contributed by atoms with Crippen LogP contribution in [0.1, 0.15) is 37.8 Å². The van der Waals surface area contributed by atoms with Crippen molar-refractivity contribution in [1.29, 1.82) is 0 Å². The van der Waals surface area contributed by atoms with Crippen molar-refractivity contribution in [1.82, 2.24) is 10.2 Å². The molecule has 1 spiro atoms. The highest BCUT2D eigenvalue weighted by Gasteiger charge is 2.58. The van der Waals surface area contributed by atoms with Gasteiger partial charge in [-0.25, -0.2) is 0 Å². The summed E-state index contributed by atoms with van der Waals surface area (Å²) in [6.07, 6.45) is 4.99. The predicted octanol–water partition coefficient (Wildman–Crippen LogP) is 2.33. The summed E-state index contributed by atoms with van der Waals surface area (Å²) >= 11 is 0. The minimum atomic E-state index is -0.961. The minimum Gasteiger partial charge on any atom is -0.339 e. The molecular weight excluding hydrogens is 308 g/mol. The maximum Gasteiger partial charge on any atom is 0.226 e. The number of amides is 1. The van der Waals surface area contributed by atoms with E-state index in [9.17, 15) is 9.00 Å². The Bertz CT molecular complexity index is 608. The molecule has 1 saturated heterocycles. The Morgan fingerprint density at radius 3 is 2.48 bits per heavy atom. The molecule has 1 aromatic rings. The molecule has 3 atom stereocenters. The molecule has 23 heavy (non-hydrogen) atoms. The number of nitrogens with one attached hydrogen (secondary N) is 1. The van der Waals surface area contributed by atoms with Crippen molar-refractivity contribution in [3.05, 3.63) is 29.8 Å². The van der Waals surface area contributed by atoms with Crippen LogP contribution < -0.4 is 5.32 Å². The minimum absolute atomic E-state index is 0.0428. The van der Waals surface area contributed by atoms with Crippen molar-refractivity contribution in [3.63, 3.8) is 0 Å². The summed E-state index contributed by atoms with van der Waals surface area (Å²) in [5.74, 6) is 0.488. The van der Waals surface area contributed by atoms with Crippen LogP contribution in [0, 0.1) is 11.3 Å². The molecule has 1 N–H and O–H groups in total. The van der Waals surface area contributed by atoms with Gasteiger partial charge < -0.3 is 10.2 Å². The van der Waals surface area contributed by atoms with E-state index in [0.29, 0.717) is 0 Å². The van der Waals surface area contributed by atoms with E-state index >= 15 is 0 Å². The van der Waals surface area contributed by atoms with Gasteiger partial charge in [-0.05, 0) is 62.4 Å². The molecule has 1 amide bonds. The van der Waals surface area contributed by atoms with Gasteiger partial charge >= 0.3 is 0 Å². The molecule has 3 unspecified atom stereocenters. The highest BCUT2D eigenvalue weighted by molar-refractivity contribution is 7.84. The number of carbonyl (C=O) groups excluding carboxylic acids is 1. The molecule has 1 heterocycles. The predicted molar refractivity (Wildman–Crippen MR) is 92.6 cm³/mol. The lowest BCUT2D eigenvalue weighted by molar-refractivity contribution is -0.134. The summed E-state index contributed by atoms with van der Waals surface area (Å²) in [5, 5.41) is 3.38. The van der Waals surface area contributed by atoms with Crippen molar-refractivity contribution in [2.45, 2.75) is 37.1 Å². The summed E-state index contributed by atoms with van der Waals surface area (Å²) in [5.41, 5.74) is 1.37. The fraction of sp³-hybridized carbons (Fsp3) is 0.611. The van der Waals surface area contributed by atoms with Crippen molar-refractivity contribution in [3.8, 4) is 0 Å². The van der Waals surface area contributed by atoms with Crippen LogP contribution in [0.5, 0.6) is 0 Å². The Kier molecular flexibility index (Phi) is 4.61. The highest BCUT2D eigenvalue weighted by atomic mass is 32.2. The van der Waals surface area contributed by atoms with Crippen molar-refractivity contribution < 1.29 is 9.00 Å². The first-order valence-electron chi connectivity index (χ1n) is 8.35. The molecule has 4 nitrogen and oxygen atoms in total. The Labute approximate surface area is 141 Å². The topological polar surface area (TPSA) is 49.4 Å². The number of hydrogen-bond donors (Lipinski definition) is 1. The monoisotopic (exact) mass is 334 g/mol. The molecule has 0 radical (unpaired) electrons. The molecule has 0 bridgehead atoms. The van der Waals surface area contributed by atoms with Gasteiger partial charge in [0.1, 0.15) is 0 Å². The number of hydrogen-bond acceptors (Lipinski definition) is 3. The molecule has 1 saturated carbocycles. The van der Waals surface area contributed by atoms with E-state index in [4.69, 9.17) is 0 Å². The fourth-order valence-electron chi connectivity index (χ4n) is 3.77. The van der Waals surface area contributed by atoms with Crippen LogP contribution in [-0.4, -0.2) is 41.4 Å². The zero-order valence-electron chi connectivity index (χ0n) is 14.2. The maximum atomic E-state index is 12.8. The van der Waals surface area contributed by atoms with Crippen LogP contribution in [0.2, 0.25) is 0 Å². The summed E-state index contributed by atoms with van der Waals surface area (Å²) in [6, 6.07) is 7.80. The van der Waals surface area contributed by atoms with Gasteiger partial charge in [0.2, 0.25) is 5.91 Å². The highest BCUT2D eigenvalue weighted by Crippen LogP contribution is 2.59. The lowest BCUT2D eigenvalue weighted by Gasteiger charge is -2.28. The number of benzene rings is 1. The summed E-state index contributed by atoms with van der Waals surface area (Å²) < 4.78 is 11.5. The lowest BCUT2D eigenvalue weighted by Crippen LogP contribution is -2.35. The molecule has 0 aromatic heterocycles. The van der Waals surface area contributed by atoms with Crippen LogP contribution in [0.3, 0.4) is 0 Å². The van der Waals surface area contributed by atoms with Crippen molar-refractivity contribution in [2.75, 3.05) is 26.4 Å². The van der Waals surface area contributed by atoms with Crippen LogP contribution in [0.4, 0.5) is 0 Å². The molecule has 1 aliphatic heterocycles. The van der Waals surface area contributed by atoms with E-state index < -0.39 is 10.8 Å². The van der Waals surface area contributed by atoms with Gasteiger partial charge in [-0.3, -0.25) is 9.00 Å². The third kappa shape index (κ3) is 3.22. The quantitative estimate of drug-likeness (QED) is 0.919. The number of nitrogens with zero attached hydrogens (tertiary/aromatic N) is 1. The lowest BCUT2D eigenvalue weighted by atomic mass is 9.91. The number of piperidine rings is 1. The summed E-state index contributed by atoms with van der Waals surface area (Å²) in [6.45, 7) is 4.14. The molecule has 3 rings (SSSR count). The SMILES string of the molecule is CC(c1ccc(S(C)=O)cc1)N(C)C(=O)C1CC12CCNCC2. The van der Waals surface area contributed by atoms with Gasteiger partial charge in [-0.1, -0.05) is 12.1 Å². The average Bonchev–Trinajstić information content (AvgIpc) is 3.26. The van der Waals surface area contributed by atoms with Crippen LogP contribution >= 0.6 is 0 Å². The van der Waals surface area contributed by atoms with Gasteiger partial charge in [0.25, 0.3) is 0 Å². The van der Waals surface area contributed by atoms with E-state index in [1.54, 1.807) is 6.26 Å². The van der Waals surface area contributed by atoms with E-state index in [1.165, 1.54) is 0 Å². The van der Waals surface area contributed by atoms with Gasteiger partial charge in [-0.2, -0.15) is 0 Å². The van der Waals surface area contributed by atoms with Gasteiger partial charge in [0, 0.05) is 34.9 Å². The normalized spacial score (nSPS) is 24.9. The first-order chi connectivity index (χ1) is 10.9. The second kappa shape index (κ2) is 6.36. The van der Waals surface area contributed by atoms with Crippen LogP contribution in [0.15, 0.2) is 29.2 Å². The van der Waals surface area contributed by atoms with E-state index in [2.05, 4.69) is 12.2 Å². The van der Waals surface area contributed by atoms with E-state index in [-0.39, 0.29) is 23.3 Å². The molecule has 5 heteroatoms. The maximum absolute atomic E-state index is 12.8. The zero-order chi connectivity index (χ0) is 16.6. The van der Waals surface area contributed by atoms with Crippen LogP contribution in [0.25, 0.3) is 0 Å². The van der Waals surface area contributed by atoms with E-state index in [0.717, 1.165) is 42.8 Å². The van der Waals surface area contributed by atoms with Gasteiger partial charge in [0.05, 0.1) is 6.04 Å². The standard InChI is InChI=1S/C18H26N2O2S/c1-13(14-4-6-15(7-5-14)23(3)22)20(2)17(21)16-12-18(16)8-10-19-11-9-18/h4-7,13,16,19H,8-12H2,1-3H3. The van der Waals surface area contributed by atoms with E-state index in [1.807, 2.05) is 36.2 Å². The Balaban J connectivity index is 1.66. The second-order valence-corrected chi connectivity index (χ2v) is 8.40. The van der Waals surface area contributed by atoms with Gasteiger partial charge in [-0.15, -0.1) is 0 Å². The summed E-state index contributed by atoms with van der Waals surface area (Å²) in [4.78, 5) is 15.5. The molecule has 126 valence electrons. The molecule has 2 aliphatic rings. The van der Waals surface area contributed by atoms with Crippen molar-refractivity contribution >= 4 is 16.7 Å². The second-order valence-electron chi connectivity index (χ2n) is 7.02. The first kappa shape index (κ1) is 16.7. The summed E-state index contributed by atoms with van der Waals surface area (Å²) in [7, 11) is 0.947. The molecule has 2 fully saturated rings. The number of rotatable bonds is 4. The molecule has 1 aromatic carbocycles. The number of carbonyl (C=O) groups is 1. The largest absolute Gasteiger partial charge is 0.339 e. The van der Waals surface area contributed by atoms with Gasteiger partial charge in [0.15, 0.2) is 0 Å². The third-order valence-electron chi connectivity index (χ3n) is 5.71.